The highest BCUT2D eigenvalue weighted by Gasteiger charge is 2.37. The zero-order chi connectivity index (χ0) is 28.1. The van der Waals surface area contributed by atoms with Crippen LogP contribution in [-0.2, 0) is 16.1 Å². The quantitative estimate of drug-likeness (QED) is 0.207. The van der Waals surface area contributed by atoms with Crippen molar-refractivity contribution in [3.05, 3.63) is 83.2 Å². The van der Waals surface area contributed by atoms with Gasteiger partial charge in [-0.2, -0.15) is 0 Å². The lowest BCUT2D eigenvalue weighted by molar-refractivity contribution is -0.139. The molecule has 2 aromatic carbocycles. The predicted molar refractivity (Wildman–Crippen MR) is 155 cm³/mol. The van der Waals surface area contributed by atoms with Crippen LogP contribution in [0.4, 0.5) is 5.69 Å². The van der Waals surface area contributed by atoms with E-state index in [1.807, 2.05) is 51.1 Å². The van der Waals surface area contributed by atoms with Gasteiger partial charge < -0.3 is 19.7 Å². The summed E-state index contributed by atoms with van der Waals surface area (Å²) in [6, 6.07) is 14.6. The number of ether oxygens (including phenoxy) is 2. The number of nitrogens with zero attached hydrogens (tertiary/aromatic N) is 3. The van der Waals surface area contributed by atoms with Gasteiger partial charge in [0.2, 0.25) is 18.6 Å². The van der Waals surface area contributed by atoms with Crippen molar-refractivity contribution in [2.45, 2.75) is 57.8 Å². The van der Waals surface area contributed by atoms with Crippen molar-refractivity contribution in [2.75, 3.05) is 17.9 Å². The number of rotatable bonds is 9. The Morgan fingerprint density at radius 3 is 2.55 bits per heavy atom. The number of carbonyl (C=O) groups is 2. The second-order valence-electron chi connectivity index (χ2n) is 10.2. The van der Waals surface area contributed by atoms with E-state index in [4.69, 9.17) is 9.47 Å². The first-order valence-corrected chi connectivity index (χ1v) is 14.5. The molecule has 0 spiro atoms. The summed E-state index contributed by atoms with van der Waals surface area (Å²) in [5.41, 5.74) is 4.40. The van der Waals surface area contributed by atoms with E-state index in [9.17, 15) is 9.59 Å². The average Bonchev–Trinajstić information content (AvgIpc) is 3.40. The summed E-state index contributed by atoms with van der Waals surface area (Å²) >= 11 is 1.30. The van der Waals surface area contributed by atoms with Crippen LogP contribution in [0.1, 0.15) is 41.8 Å². The van der Waals surface area contributed by atoms with Crippen molar-refractivity contribution in [2.24, 2.45) is 5.92 Å². The van der Waals surface area contributed by atoms with Gasteiger partial charge in [0.15, 0.2) is 16.7 Å². The predicted octanol–water partition coefficient (Wildman–Crippen LogP) is 5.62. The van der Waals surface area contributed by atoms with Crippen LogP contribution < -0.4 is 14.8 Å². The van der Waals surface area contributed by atoms with Crippen LogP contribution in [0.2, 0.25) is 0 Å². The highest BCUT2D eigenvalue weighted by molar-refractivity contribution is 7.99. The van der Waals surface area contributed by atoms with E-state index in [1.165, 1.54) is 11.8 Å². The topological polar surface area (TPSA) is 93.7 Å². The van der Waals surface area contributed by atoms with Gasteiger partial charge >= 0.3 is 0 Å². The van der Waals surface area contributed by atoms with Gasteiger partial charge in [0.25, 0.3) is 0 Å². The van der Waals surface area contributed by atoms with Crippen LogP contribution in [-0.4, -0.2) is 45.3 Å². The van der Waals surface area contributed by atoms with Crippen molar-refractivity contribution in [1.29, 1.82) is 0 Å². The molecule has 1 aliphatic carbocycles. The number of anilines is 1. The fourth-order valence-electron chi connectivity index (χ4n) is 5.18. The Hall–Kier alpha value is -3.85. The molecule has 8 nitrogen and oxygen atoms in total. The molecule has 5 rings (SSSR count). The summed E-state index contributed by atoms with van der Waals surface area (Å²) in [5.74, 6) is 1.01. The smallest absolute Gasteiger partial charge is 0.247 e. The molecule has 1 aromatic heterocycles. The Labute approximate surface area is 239 Å². The molecule has 40 heavy (non-hydrogen) atoms. The minimum Gasteiger partial charge on any atom is -0.454 e. The zero-order valence-electron chi connectivity index (χ0n) is 23.1. The van der Waals surface area contributed by atoms with Crippen molar-refractivity contribution < 1.29 is 19.1 Å². The SMILES string of the molecule is Cc1cc(C)nc(SCC(=O)N(Cc2ccccc2C)[C@H](C(=O)Nc2ccc3c(c2)OCO3)[C@@H]2CC=CCC2)n1. The van der Waals surface area contributed by atoms with E-state index >= 15 is 0 Å². The van der Waals surface area contributed by atoms with E-state index in [0.717, 1.165) is 41.8 Å². The first kappa shape index (κ1) is 27.7. The van der Waals surface area contributed by atoms with E-state index in [1.54, 1.807) is 23.1 Å². The first-order valence-electron chi connectivity index (χ1n) is 13.5. The Balaban J connectivity index is 1.45. The molecule has 0 saturated carbocycles. The van der Waals surface area contributed by atoms with Crippen molar-refractivity contribution in [3.63, 3.8) is 0 Å². The molecule has 3 aromatic rings. The maximum absolute atomic E-state index is 14.1. The Kier molecular flexibility index (Phi) is 8.69. The molecule has 9 heteroatoms. The number of hydrogen-bond acceptors (Lipinski definition) is 7. The lowest BCUT2D eigenvalue weighted by Gasteiger charge is -2.37. The Bertz CT molecular complexity index is 1410. The molecule has 1 aliphatic heterocycles. The van der Waals surface area contributed by atoms with Crippen LogP contribution in [0.3, 0.4) is 0 Å². The summed E-state index contributed by atoms with van der Waals surface area (Å²) in [5, 5.41) is 3.63. The third kappa shape index (κ3) is 6.65. The first-order chi connectivity index (χ1) is 19.4. The van der Waals surface area contributed by atoms with E-state index in [-0.39, 0.29) is 30.3 Å². The molecule has 208 valence electrons. The Morgan fingerprint density at radius 1 is 1.02 bits per heavy atom. The third-order valence-corrected chi connectivity index (χ3v) is 8.04. The summed E-state index contributed by atoms with van der Waals surface area (Å²) < 4.78 is 10.9. The molecule has 2 amide bonds. The fraction of sp³-hybridized carbons (Fsp3) is 0.355. The molecule has 2 aliphatic rings. The largest absolute Gasteiger partial charge is 0.454 e. The molecule has 1 N–H and O–H groups in total. The molecular formula is C31H34N4O4S. The minimum atomic E-state index is -0.664. The molecule has 0 unspecified atom stereocenters. The number of carbonyl (C=O) groups excluding carboxylic acids is 2. The highest BCUT2D eigenvalue weighted by atomic mass is 32.2. The maximum Gasteiger partial charge on any atom is 0.247 e. The number of benzene rings is 2. The number of aromatic nitrogens is 2. The van der Waals surface area contributed by atoms with Gasteiger partial charge in [-0.05, 0) is 75.3 Å². The summed E-state index contributed by atoms with van der Waals surface area (Å²) in [6.07, 6.45) is 6.67. The number of fused-ring (bicyclic) bond motifs is 1. The van der Waals surface area contributed by atoms with Crippen molar-refractivity contribution >= 4 is 29.3 Å². The van der Waals surface area contributed by atoms with Crippen LogP contribution in [0.25, 0.3) is 0 Å². The van der Waals surface area contributed by atoms with Gasteiger partial charge in [0.05, 0.1) is 5.75 Å². The lowest BCUT2D eigenvalue weighted by atomic mass is 9.85. The fourth-order valence-corrected chi connectivity index (χ4v) is 6.02. The number of allylic oxidation sites excluding steroid dienone is 2. The Morgan fingerprint density at radius 2 is 1.80 bits per heavy atom. The second kappa shape index (κ2) is 12.6. The van der Waals surface area contributed by atoms with E-state index in [0.29, 0.717) is 28.9 Å². The molecule has 0 radical (unpaired) electrons. The summed E-state index contributed by atoms with van der Waals surface area (Å²) in [6.45, 7) is 6.35. The van der Waals surface area contributed by atoms with Crippen LogP contribution >= 0.6 is 11.8 Å². The van der Waals surface area contributed by atoms with Gasteiger partial charge in [-0.3, -0.25) is 9.59 Å². The third-order valence-electron chi connectivity index (χ3n) is 7.21. The number of hydrogen-bond donors (Lipinski definition) is 1. The summed E-state index contributed by atoms with van der Waals surface area (Å²) in [4.78, 5) is 38.8. The lowest BCUT2D eigenvalue weighted by Crippen LogP contribution is -2.52. The van der Waals surface area contributed by atoms with Crippen LogP contribution in [0.5, 0.6) is 11.5 Å². The van der Waals surface area contributed by atoms with Crippen molar-refractivity contribution in [3.8, 4) is 11.5 Å². The van der Waals surface area contributed by atoms with E-state index < -0.39 is 6.04 Å². The standard InChI is InChI=1S/C31H34N4O4S/c1-20-9-7-8-12-24(20)17-35(28(36)18-40-31-32-21(2)15-22(3)33-31)29(23-10-5-4-6-11-23)30(37)34-25-13-14-26-27(16-25)39-19-38-26/h4-5,7-9,12-16,23,29H,6,10-11,17-19H2,1-3H3,(H,34,37)/t23-,29+/m1/s1. The molecule has 2 heterocycles. The molecular weight excluding hydrogens is 524 g/mol. The normalized spacial score (nSPS) is 16.4. The van der Waals surface area contributed by atoms with Crippen LogP contribution in [0.15, 0.2) is 65.8 Å². The van der Waals surface area contributed by atoms with Gasteiger partial charge in [-0.1, -0.05) is 48.2 Å². The van der Waals surface area contributed by atoms with Gasteiger partial charge in [-0.15, -0.1) is 0 Å². The molecule has 0 saturated heterocycles. The maximum atomic E-state index is 14.1. The molecule has 0 fully saturated rings. The number of nitrogens with one attached hydrogen (secondary N) is 1. The van der Waals surface area contributed by atoms with Crippen LogP contribution in [0, 0.1) is 26.7 Å². The average molecular weight is 559 g/mol. The van der Waals surface area contributed by atoms with Gasteiger partial charge in [0.1, 0.15) is 6.04 Å². The molecule has 2 atom stereocenters. The van der Waals surface area contributed by atoms with Crippen molar-refractivity contribution in [1.82, 2.24) is 14.9 Å². The zero-order valence-corrected chi connectivity index (χ0v) is 23.9. The minimum absolute atomic E-state index is 0.0190. The van der Waals surface area contributed by atoms with Gasteiger partial charge in [-0.25, -0.2) is 9.97 Å². The molecule has 0 bridgehead atoms. The number of aryl methyl sites for hydroxylation is 3. The second-order valence-corrected chi connectivity index (χ2v) is 11.2. The van der Waals surface area contributed by atoms with E-state index in [2.05, 4.69) is 27.4 Å². The number of amides is 2. The number of thioether (sulfide) groups is 1. The van der Waals surface area contributed by atoms with Gasteiger partial charge in [0, 0.05) is 29.7 Å². The highest BCUT2D eigenvalue weighted by Crippen LogP contribution is 2.35. The summed E-state index contributed by atoms with van der Waals surface area (Å²) in [7, 11) is 0. The monoisotopic (exact) mass is 558 g/mol.